The van der Waals surface area contributed by atoms with Crippen molar-refractivity contribution >= 4 is 21.6 Å². The van der Waals surface area contributed by atoms with Gasteiger partial charge in [0.2, 0.25) is 10.0 Å². The van der Waals surface area contributed by atoms with Gasteiger partial charge in [-0.15, -0.1) is 0 Å². The lowest BCUT2D eigenvalue weighted by Crippen LogP contribution is -2.32. The molecule has 1 amide bonds. The summed E-state index contributed by atoms with van der Waals surface area (Å²) in [5, 5.41) is 2.64. The first-order valence-electron chi connectivity index (χ1n) is 10.7. The van der Waals surface area contributed by atoms with Gasteiger partial charge in [0, 0.05) is 24.5 Å². The van der Waals surface area contributed by atoms with E-state index in [1.54, 1.807) is 18.2 Å². The van der Waals surface area contributed by atoms with E-state index in [1.165, 1.54) is 22.5 Å². The summed E-state index contributed by atoms with van der Waals surface area (Å²) in [6, 6.07) is 18.6. The van der Waals surface area contributed by atoms with Crippen molar-refractivity contribution in [3.05, 3.63) is 82.6 Å². The van der Waals surface area contributed by atoms with Crippen molar-refractivity contribution < 1.29 is 13.2 Å². The predicted molar refractivity (Wildman–Crippen MR) is 124 cm³/mol. The third-order valence-electron chi connectivity index (χ3n) is 5.53. The van der Waals surface area contributed by atoms with Gasteiger partial charge in [-0.2, -0.15) is 4.31 Å². The highest BCUT2D eigenvalue weighted by atomic mass is 32.2. The number of pyridine rings is 1. The van der Waals surface area contributed by atoms with Gasteiger partial charge in [0.15, 0.2) is 0 Å². The van der Waals surface area contributed by atoms with Crippen LogP contribution in [0.3, 0.4) is 0 Å². The van der Waals surface area contributed by atoms with E-state index in [-0.39, 0.29) is 10.5 Å². The number of nitrogens with zero attached hydrogens (tertiary/aromatic N) is 1. The molecule has 0 spiro atoms. The molecular formula is C24H25N3O4S. The van der Waals surface area contributed by atoms with Gasteiger partial charge in [0.25, 0.3) is 11.5 Å². The molecule has 0 unspecified atom stereocenters. The second-order valence-corrected chi connectivity index (χ2v) is 9.72. The maximum atomic E-state index is 13.0. The molecule has 4 rings (SSSR count). The molecule has 3 aromatic rings. The van der Waals surface area contributed by atoms with Gasteiger partial charge >= 0.3 is 0 Å². The van der Waals surface area contributed by atoms with E-state index in [0.717, 1.165) is 31.2 Å². The third-order valence-corrected chi connectivity index (χ3v) is 7.43. The number of amides is 1. The van der Waals surface area contributed by atoms with Gasteiger partial charge in [0.05, 0.1) is 4.90 Å². The van der Waals surface area contributed by atoms with Gasteiger partial charge in [-0.1, -0.05) is 49.2 Å². The minimum atomic E-state index is -3.64. The Morgan fingerprint density at radius 2 is 1.59 bits per heavy atom. The molecule has 0 atom stereocenters. The first kappa shape index (κ1) is 22.0. The zero-order valence-electron chi connectivity index (χ0n) is 17.6. The summed E-state index contributed by atoms with van der Waals surface area (Å²) in [7, 11) is -3.64. The fraction of sp³-hybridized carbons (Fsp3) is 0.250. The van der Waals surface area contributed by atoms with Gasteiger partial charge < -0.3 is 10.3 Å². The lowest BCUT2D eigenvalue weighted by Gasteiger charge is -2.20. The van der Waals surface area contributed by atoms with Crippen LogP contribution in [-0.2, 0) is 10.0 Å². The lowest BCUT2D eigenvalue weighted by atomic mass is 10.1. The monoisotopic (exact) mass is 451 g/mol. The normalized spacial score (nSPS) is 15.1. The number of aromatic amines is 1. The van der Waals surface area contributed by atoms with Crippen molar-refractivity contribution in [1.82, 2.24) is 9.29 Å². The van der Waals surface area contributed by atoms with Gasteiger partial charge in [-0.05, 0) is 48.7 Å². The molecule has 2 aromatic carbocycles. The molecule has 0 radical (unpaired) electrons. The van der Waals surface area contributed by atoms with Crippen LogP contribution in [0.1, 0.15) is 36.0 Å². The molecule has 32 heavy (non-hydrogen) atoms. The summed E-state index contributed by atoms with van der Waals surface area (Å²) in [5.41, 5.74) is 1.20. The maximum absolute atomic E-state index is 13.0. The van der Waals surface area contributed by atoms with E-state index in [4.69, 9.17) is 0 Å². The number of aromatic nitrogens is 1. The van der Waals surface area contributed by atoms with Crippen LogP contribution < -0.4 is 10.9 Å². The van der Waals surface area contributed by atoms with Crippen LogP contribution in [0.2, 0.25) is 0 Å². The zero-order chi connectivity index (χ0) is 22.6. The van der Waals surface area contributed by atoms with Crippen molar-refractivity contribution in [2.24, 2.45) is 0 Å². The molecule has 8 heteroatoms. The van der Waals surface area contributed by atoms with E-state index in [9.17, 15) is 18.0 Å². The lowest BCUT2D eigenvalue weighted by molar-refractivity contribution is 0.102. The summed E-state index contributed by atoms with van der Waals surface area (Å²) in [6.07, 6.45) is 3.74. The van der Waals surface area contributed by atoms with Crippen molar-refractivity contribution in [2.75, 3.05) is 18.4 Å². The van der Waals surface area contributed by atoms with Crippen LogP contribution in [0.15, 0.2) is 76.4 Å². The Morgan fingerprint density at radius 1 is 0.875 bits per heavy atom. The quantitative estimate of drug-likeness (QED) is 0.615. The SMILES string of the molecule is O=C(Nc1cccc(S(=O)(=O)N2CCCCCC2)c1)c1ccc(-c2ccccc2)[nH]c1=O. The molecule has 2 heterocycles. The molecule has 166 valence electrons. The largest absolute Gasteiger partial charge is 0.322 e. The number of carbonyl (C=O) groups excluding carboxylic acids is 1. The molecular weight excluding hydrogens is 426 g/mol. The van der Waals surface area contributed by atoms with Crippen molar-refractivity contribution in [1.29, 1.82) is 0 Å². The number of benzene rings is 2. The maximum Gasteiger partial charge on any atom is 0.261 e. The summed E-state index contributed by atoms with van der Waals surface area (Å²) >= 11 is 0. The van der Waals surface area contributed by atoms with Gasteiger partial charge in [-0.3, -0.25) is 9.59 Å². The van der Waals surface area contributed by atoms with E-state index in [2.05, 4.69) is 10.3 Å². The van der Waals surface area contributed by atoms with Crippen molar-refractivity contribution in [2.45, 2.75) is 30.6 Å². The molecule has 1 aliphatic rings. The Labute approximate surface area is 187 Å². The fourth-order valence-electron chi connectivity index (χ4n) is 3.80. The van der Waals surface area contributed by atoms with Gasteiger partial charge in [-0.25, -0.2) is 8.42 Å². The Hall–Kier alpha value is -3.23. The Morgan fingerprint density at radius 3 is 2.28 bits per heavy atom. The summed E-state index contributed by atoms with van der Waals surface area (Å²) in [5.74, 6) is -0.602. The van der Waals surface area contributed by atoms with Crippen LogP contribution in [0.25, 0.3) is 11.3 Å². The number of H-pyrrole nitrogens is 1. The van der Waals surface area contributed by atoms with Crippen LogP contribution in [0, 0.1) is 0 Å². The highest BCUT2D eigenvalue weighted by Crippen LogP contribution is 2.23. The first-order chi connectivity index (χ1) is 15.4. The summed E-state index contributed by atoms with van der Waals surface area (Å²) in [6.45, 7) is 1.00. The average Bonchev–Trinajstić information content (AvgIpc) is 3.10. The number of rotatable bonds is 5. The molecule has 0 bridgehead atoms. The Balaban J connectivity index is 1.53. The predicted octanol–water partition coefficient (Wildman–Crippen LogP) is 3.86. The van der Waals surface area contributed by atoms with Crippen molar-refractivity contribution in [3.63, 3.8) is 0 Å². The van der Waals surface area contributed by atoms with E-state index >= 15 is 0 Å². The fourth-order valence-corrected chi connectivity index (χ4v) is 5.37. The minimum absolute atomic E-state index is 0.0505. The second kappa shape index (κ2) is 9.50. The molecule has 1 fully saturated rings. The third kappa shape index (κ3) is 4.81. The number of hydrogen-bond donors (Lipinski definition) is 2. The Kier molecular flexibility index (Phi) is 6.53. The number of hydrogen-bond acceptors (Lipinski definition) is 4. The topological polar surface area (TPSA) is 99.3 Å². The number of sulfonamides is 1. The second-order valence-electron chi connectivity index (χ2n) is 7.78. The smallest absolute Gasteiger partial charge is 0.261 e. The van der Waals surface area contributed by atoms with Crippen LogP contribution in [0.5, 0.6) is 0 Å². The molecule has 0 saturated carbocycles. The standard InChI is InChI=1S/C24H25N3O4S/c28-23(21-13-14-22(26-24(21)29)18-9-4-3-5-10-18)25-19-11-8-12-20(17-19)32(30,31)27-15-6-1-2-7-16-27/h3-5,8-14,17H,1-2,6-7,15-16H2,(H,25,28)(H,26,29). The highest BCUT2D eigenvalue weighted by molar-refractivity contribution is 7.89. The molecule has 0 aliphatic carbocycles. The molecule has 7 nitrogen and oxygen atoms in total. The van der Waals surface area contributed by atoms with Crippen LogP contribution in [-0.4, -0.2) is 36.7 Å². The van der Waals surface area contributed by atoms with E-state index in [1.807, 2.05) is 30.3 Å². The first-order valence-corrected chi connectivity index (χ1v) is 12.1. The molecule has 1 saturated heterocycles. The minimum Gasteiger partial charge on any atom is -0.322 e. The van der Waals surface area contributed by atoms with E-state index in [0.29, 0.717) is 24.5 Å². The highest BCUT2D eigenvalue weighted by Gasteiger charge is 2.25. The average molecular weight is 452 g/mol. The van der Waals surface area contributed by atoms with Crippen LogP contribution >= 0.6 is 0 Å². The number of nitrogens with one attached hydrogen (secondary N) is 2. The van der Waals surface area contributed by atoms with Crippen molar-refractivity contribution in [3.8, 4) is 11.3 Å². The zero-order valence-corrected chi connectivity index (χ0v) is 18.4. The van der Waals surface area contributed by atoms with Crippen LogP contribution in [0.4, 0.5) is 5.69 Å². The number of carbonyl (C=O) groups is 1. The van der Waals surface area contributed by atoms with E-state index < -0.39 is 21.5 Å². The summed E-state index contributed by atoms with van der Waals surface area (Å²) in [4.78, 5) is 28.0. The van der Waals surface area contributed by atoms with Gasteiger partial charge in [0.1, 0.15) is 5.56 Å². The summed E-state index contributed by atoms with van der Waals surface area (Å²) < 4.78 is 27.6. The number of anilines is 1. The molecule has 1 aliphatic heterocycles. The Bertz CT molecular complexity index is 1260. The molecule has 2 N–H and O–H groups in total. The molecule has 1 aromatic heterocycles.